The molecular weight excluding hydrogens is 1120 g/mol. The van der Waals surface area contributed by atoms with Crippen LogP contribution in [0.1, 0.15) is 111 Å². The highest BCUT2D eigenvalue weighted by molar-refractivity contribution is 5.84. The second-order valence-corrected chi connectivity index (χ2v) is 28.0. The Hall–Kier alpha value is -10.2. The molecule has 4 aromatic heterocycles. The SMILES string of the molecule is CC(C)(C)c1cc(-c2cc(-c3cccc(N(c4ccccc4)c4ccccn4)c3)nc(-c3ccccc3O)c2)cc(C(C)(C)C)c1.Cc1ccccc1-c1cc(-c2cc(C(C)(C)C)cc(C(C)(C)C)c2)cc(-c2cccc(N(c3ccccc3)c3ccccn3)c2)n1. The molecule has 12 rings (SSSR count). The zero-order chi connectivity index (χ0) is 65.0. The standard InChI is InChI=1S/C43H43N3.C42H41N3O/c1-30-16-11-12-21-38(30)40-28-33(32-24-34(42(2,3)4)29-35(25-32)43(5,6)7)27-39(45-40)31-17-15-20-37(26-31)46(36-18-9-8-10-19-36)41-22-13-14-23-44-41;1-41(2,3)32-23-30(24-33(28-32)42(4,5)6)31-26-37(44-38(27-31)36-19-10-11-20-39(36)46)29-15-14-18-35(25-29)45(34-16-8-7-9-17-34)40-21-12-13-22-43-40/h8-29H,1-7H3;7-28,46H,1-6H3. The van der Waals surface area contributed by atoms with Crippen LogP contribution in [0.5, 0.6) is 5.75 Å². The van der Waals surface area contributed by atoms with Crippen molar-refractivity contribution in [2.75, 3.05) is 9.80 Å². The molecule has 0 amide bonds. The number of anilines is 6. The Bertz CT molecular complexity index is 4080. The Morgan fingerprint density at radius 1 is 0.283 bits per heavy atom. The van der Waals surface area contributed by atoms with E-state index in [1.165, 1.54) is 33.4 Å². The summed E-state index contributed by atoms with van der Waals surface area (Å²) >= 11 is 0. The van der Waals surface area contributed by atoms with Gasteiger partial charge in [0, 0.05) is 57.4 Å². The second-order valence-electron chi connectivity index (χ2n) is 28.0. The van der Waals surface area contributed by atoms with E-state index in [2.05, 4.69) is 275 Å². The molecule has 8 aromatic carbocycles. The van der Waals surface area contributed by atoms with Crippen molar-refractivity contribution in [2.24, 2.45) is 0 Å². The van der Waals surface area contributed by atoms with Gasteiger partial charge in [-0.05, 0) is 188 Å². The molecule has 0 aliphatic rings. The molecular formula is C85H84N6O. The van der Waals surface area contributed by atoms with Crippen molar-refractivity contribution in [1.82, 2.24) is 19.9 Å². The van der Waals surface area contributed by atoms with Crippen LogP contribution in [0.15, 0.2) is 267 Å². The first kappa shape index (κ1) is 63.3. The molecule has 92 heavy (non-hydrogen) atoms. The normalized spacial score (nSPS) is 11.8. The van der Waals surface area contributed by atoms with E-state index in [0.717, 1.165) is 90.5 Å². The van der Waals surface area contributed by atoms with Crippen LogP contribution in [-0.4, -0.2) is 25.0 Å². The van der Waals surface area contributed by atoms with Gasteiger partial charge in [0.2, 0.25) is 0 Å². The highest BCUT2D eigenvalue weighted by Gasteiger charge is 2.25. The maximum Gasteiger partial charge on any atom is 0.137 e. The third-order valence-electron chi connectivity index (χ3n) is 16.8. The van der Waals surface area contributed by atoms with Gasteiger partial charge in [0.1, 0.15) is 17.4 Å². The second kappa shape index (κ2) is 26.3. The number of nitrogens with zero attached hydrogens (tertiary/aromatic N) is 6. The number of phenolic OH excluding ortho intramolecular Hbond substituents is 1. The summed E-state index contributed by atoms with van der Waals surface area (Å²) in [4.78, 5) is 24.2. The van der Waals surface area contributed by atoms with Gasteiger partial charge in [-0.15, -0.1) is 0 Å². The van der Waals surface area contributed by atoms with Gasteiger partial charge in [-0.25, -0.2) is 19.9 Å². The maximum absolute atomic E-state index is 10.9. The molecule has 0 aliphatic heterocycles. The Labute approximate surface area is 545 Å². The van der Waals surface area contributed by atoms with Gasteiger partial charge in [0.25, 0.3) is 0 Å². The molecule has 0 atom stereocenters. The van der Waals surface area contributed by atoms with E-state index >= 15 is 0 Å². The van der Waals surface area contributed by atoms with Gasteiger partial charge in [-0.3, -0.25) is 9.80 Å². The fourth-order valence-electron chi connectivity index (χ4n) is 11.4. The van der Waals surface area contributed by atoms with Gasteiger partial charge in [0.15, 0.2) is 0 Å². The number of hydrogen-bond acceptors (Lipinski definition) is 7. The fraction of sp³-hybridized carbons (Fsp3) is 0.200. The maximum atomic E-state index is 10.9. The highest BCUT2D eigenvalue weighted by Crippen LogP contribution is 2.43. The Morgan fingerprint density at radius 2 is 0.620 bits per heavy atom. The lowest BCUT2D eigenvalue weighted by atomic mass is 9.79. The van der Waals surface area contributed by atoms with E-state index in [-0.39, 0.29) is 27.4 Å². The van der Waals surface area contributed by atoms with E-state index in [4.69, 9.17) is 15.0 Å². The fourth-order valence-corrected chi connectivity index (χ4v) is 11.4. The lowest BCUT2D eigenvalue weighted by molar-refractivity contribution is 0.477. The topological polar surface area (TPSA) is 78.3 Å². The molecule has 0 bridgehead atoms. The third-order valence-corrected chi connectivity index (χ3v) is 16.8. The van der Waals surface area contributed by atoms with Gasteiger partial charge in [0.05, 0.1) is 22.8 Å². The number of para-hydroxylation sites is 3. The van der Waals surface area contributed by atoms with Crippen LogP contribution in [-0.2, 0) is 21.7 Å². The highest BCUT2D eigenvalue weighted by atomic mass is 16.3. The molecule has 1 N–H and O–H groups in total. The first-order valence-electron chi connectivity index (χ1n) is 31.9. The van der Waals surface area contributed by atoms with E-state index in [1.54, 1.807) is 6.07 Å². The summed E-state index contributed by atoms with van der Waals surface area (Å²) in [6.45, 7) is 29.5. The summed E-state index contributed by atoms with van der Waals surface area (Å²) in [5.74, 6) is 1.90. The summed E-state index contributed by atoms with van der Waals surface area (Å²) in [5.41, 5.74) is 22.4. The smallest absolute Gasteiger partial charge is 0.137 e. The summed E-state index contributed by atoms with van der Waals surface area (Å²) < 4.78 is 0. The molecule has 7 heteroatoms. The van der Waals surface area contributed by atoms with E-state index in [1.807, 2.05) is 91.3 Å². The number of pyridine rings is 4. The summed E-state index contributed by atoms with van der Waals surface area (Å²) in [7, 11) is 0. The minimum absolute atomic E-state index is 0.0193. The largest absolute Gasteiger partial charge is 0.507 e. The van der Waals surface area contributed by atoms with Crippen LogP contribution >= 0.6 is 0 Å². The Kier molecular flexibility index (Phi) is 18.1. The van der Waals surface area contributed by atoms with Crippen LogP contribution in [0.2, 0.25) is 0 Å². The van der Waals surface area contributed by atoms with E-state index in [0.29, 0.717) is 5.56 Å². The molecule has 0 saturated carbocycles. The molecule has 12 aromatic rings. The van der Waals surface area contributed by atoms with Crippen molar-refractivity contribution < 1.29 is 5.11 Å². The summed E-state index contributed by atoms with van der Waals surface area (Å²) in [6.07, 6.45) is 3.66. The van der Waals surface area contributed by atoms with Crippen LogP contribution in [0.3, 0.4) is 0 Å². The minimum atomic E-state index is -0.0207. The zero-order valence-electron chi connectivity index (χ0n) is 55.5. The van der Waals surface area contributed by atoms with E-state index in [9.17, 15) is 5.11 Å². The number of aromatic hydroxyl groups is 1. The quantitative estimate of drug-likeness (QED) is 0.131. The molecule has 0 aliphatic carbocycles. The molecule has 0 unspecified atom stereocenters. The van der Waals surface area contributed by atoms with Crippen LogP contribution in [0, 0.1) is 6.92 Å². The summed E-state index contributed by atoms with van der Waals surface area (Å²) in [5, 5.41) is 10.9. The molecule has 0 spiro atoms. The van der Waals surface area contributed by atoms with Crippen LogP contribution < -0.4 is 9.80 Å². The zero-order valence-corrected chi connectivity index (χ0v) is 55.5. The van der Waals surface area contributed by atoms with Gasteiger partial charge in [-0.2, -0.15) is 0 Å². The van der Waals surface area contributed by atoms with Crippen molar-refractivity contribution in [2.45, 2.75) is 112 Å². The van der Waals surface area contributed by atoms with E-state index < -0.39 is 0 Å². The molecule has 0 fully saturated rings. The summed E-state index contributed by atoms with van der Waals surface area (Å²) in [6, 6.07) is 88.5. The van der Waals surface area contributed by atoms with Crippen molar-refractivity contribution in [1.29, 1.82) is 0 Å². The molecule has 0 saturated heterocycles. The number of rotatable bonds is 12. The Balaban J connectivity index is 0.000000188. The number of aryl methyl sites for hydroxylation is 1. The third kappa shape index (κ3) is 14.7. The number of hydrogen-bond donors (Lipinski definition) is 1. The number of benzene rings is 8. The van der Waals surface area contributed by atoms with Crippen molar-refractivity contribution in [3.05, 3.63) is 295 Å². The van der Waals surface area contributed by atoms with Crippen LogP contribution in [0.25, 0.3) is 67.3 Å². The molecule has 0 radical (unpaired) electrons. The lowest BCUT2D eigenvalue weighted by Gasteiger charge is -2.26. The average molecular weight is 1210 g/mol. The van der Waals surface area contributed by atoms with Crippen LogP contribution in [0.4, 0.5) is 34.4 Å². The predicted molar refractivity (Wildman–Crippen MR) is 387 cm³/mol. The number of aromatic nitrogens is 4. The monoisotopic (exact) mass is 1200 g/mol. The van der Waals surface area contributed by atoms with Gasteiger partial charge < -0.3 is 5.11 Å². The number of phenols is 1. The van der Waals surface area contributed by atoms with Crippen molar-refractivity contribution in [3.63, 3.8) is 0 Å². The van der Waals surface area contributed by atoms with Gasteiger partial charge >= 0.3 is 0 Å². The predicted octanol–water partition coefficient (Wildman–Crippen LogP) is 23.1. The first-order valence-corrected chi connectivity index (χ1v) is 31.9. The first-order chi connectivity index (χ1) is 43.9. The molecule has 7 nitrogen and oxygen atoms in total. The molecule has 4 heterocycles. The van der Waals surface area contributed by atoms with Gasteiger partial charge in [-0.1, -0.05) is 229 Å². The van der Waals surface area contributed by atoms with Crippen molar-refractivity contribution in [3.8, 4) is 73.0 Å². The molecule has 460 valence electrons. The lowest BCUT2D eigenvalue weighted by Crippen LogP contribution is -2.16. The Morgan fingerprint density at radius 3 is 1.00 bits per heavy atom. The average Bonchev–Trinajstić information content (AvgIpc) is 1.10. The van der Waals surface area contributed by atoms with Crippen molar-refractivity contribution >= 4 is 34.4 Å². The minimum Gasteiger partial charge on any atom is -0.507 e.